The van der Waals surface area contributed by atoms with E-state index >= 15 is 0 Å². The van der Waals surface area contributed by atoms with Crippen LogP contribution in [0.2, 0.25) is 0 Å². The number of ether oxygens (including phenoxy) is 4. The van der Waals surface area contributed by atoms with Crippen molar-refractivity contribution in [3.8, 4) is 11.5 Å². The Kier molecular flexibility index (Phi) is 12.9. The summed E-state index contributed by atoms with van der Waals surface area (Å²) in [4.78, 5) is 58.6. The molecule has 0 bridgehead atoms. The zero-order chi connectivity index (χ0) is 43.4. The van der Waals surface area contributed by atoms with Crippen LogP contribution in [0, 0.1) is 10.1 Å². The second-order valence-electron chi connectivity index (χ2n) is 13.1. The average molecular weight is 833 g/mol. The lowest BCUT2D eigenvalue weighted by Gasteiger charge is -2.12. The standard InChI is InChI=1S/C22H17N5O5.C22H19N5O3/c1-31-22(28)17-11-25-21(12-24-17)26-20-10-14(8-9-23-20)13-32-19-7-6-18(27(29)30)15-4-2-3-5-16(15)19;1-29-22(28)18-11-26-21(12-25-18)27-20-10-14(8-9-24-20)13-30-19-7-6-17(23)15-4-2-3-5-16(15)19/h2-12H,13H2,1H3,(H,23,25,26);2-12H,13,23H2,1H3,(H,24,26,27). The van der Waals surface area contributed by atoms with Crippen molar-refractivity contribution in [2.45, 2.75) is 13.2 Å². The Morgan fingerprint density at radius 2 is 1.05 bits per heavy atom. The topological polar surface area (TPSA) is 242 Å². The Hall–Kier alpha value is -8.80. The van der Waals surface area contributed by atoms with Gasteiger partial charge in [0.05, 0.1) is 49.3 Å². The molecule has 0 amide bonds. The number of hydrogen-bond acceptors (Lipinski definition) is 17. The van der Waals surface area contributed by atoms with E-state index in [0.717, 1.165) is 27.6 Å². The van der Waals surface area contributed by atoms with Gasteiger partial charge >= 0.3 is 11.9 Å². The minimum atomic E-state index is -0.569. The molecule has 62 heavy (non-hydrogen) atoms. The van der Waals surface area contributed by atoms with Crippen molar-refractivity contribution in [1.29, 1.82) is 0 Å². The summed E-state index contributed by atoms with van der Waals surface area (Å²) < 4.78 is 21.2. The Labute approximate surface area is 352 Å². The first-order valence-corrected chi connectivity index (χ1v) is 18.6. The number of carbonyl (C=O) groups excluding carboxylic acids is 2. The molecule has 0 aliphatic rings. The Bertz CT molecular complexity index is 2880. The molecular formula is C44H36N10O8. The minimum absolute atomic E-state index is 0.0303. The van der Waals surface area contributed by atoms with Crippen LogP contribution >= 0.6 is 0 Å². The van der Waals surface area contributed by atoms with E-state index in [2.05, 4.69) is 50.0 Å². The van der Waals surface area contributed by atoms with Gasteiger partial charge in [-0.15, -0.1) is 0 Å². The number of nitro groups is 1. The number of pyridine rings is 2. The maximum Gasteiger partial charge on any atom is 0.358 e. The van der Waals surface area contributed by atoms with Crippen LogP contribution in [-0.4, -0.2) is 61.0 Å². The van der Waals surface area contributed by atoms with Crippen LogP contribution in [0.3, 0.4) is 0 Å². The fourth-order valence-electron chi connectivity index (χ4n) is 6.02. The van der Waals surface area contributed by atoms with Crippen molar-refractivity contribution in [3.05, 3.63) is 167 Å². The number of esters is 2. The molecule has 4 aromatic carbocycles. The summed E-state index contributed by atoms with van der Waals surface area (Å²) in [5, 5.41) is 20.4. The van der Waals surface area contributed by atoms with Gasteiger partial charge in [0, 0.05) is 40.3 Å². The number of non-ortho nitro benzene ring substituents is 1. The molecule has 0 radical (unpaired) electrons. The molecule has 0 spiro atoms. The molecule has 0 aliphatic carbocycles. The highest BCUT2D eigenvalue weighted by molar-refractivity contribution is 5.97. The summed E-state index contributed by atoms with van der Waals surface area (Å²) in [6.45, 7) is 0.587. The van der Waals surface area contributed by atoms with Crippen molar-refractivity contribution in [2.75, 3.05) is 30.6 Å². The molecule has 0 unspecified atom stereocenters. The first-order chi connectivity index (χ1) is 30.2. The fourth-order valence-corrected chi connectivity index (χ4v) is 6.02. The third-order valence-electron chi connectivity index (χ3n) is 9.02. The molecule has 18 nitrogen and oxygen atoms in total. The molecular weight excluding hydrogens is 797 g/mol. The van der Waals surface area contributed by atoms with Crippen molar-refractivity contribution in [3.63, 3.8) is 0 Å². The van der Waals surface area contributed by atoms with Crippen LogP contribution in [0.5, 0.6) is 11.5 Å². The monoisotopic (exact) mass is 832 g/mol. The number of carbonyl (C=O) groups is 2. The molecule has 0 atom stereocenters. The number of aromatic nitrogens is 6. The van der Waals surface area contributed by atoms with E-state index in [0.29, 0.717) is 52.1 Å². The second-order valence-corrected chi connectivity index (χ2v) is 13.1. The maximum absolute atomic E-state index is 11.4. The second kappa shape index (κ2) is 19.3. The predicted octanol–water partition coefficient (Wildman–Crippen LogP) is 7.76. The lowest BCUT2D eigenvalue weighted by molar-refractivity contribution is -0.383. The highest BCUT2D eigenvalue weighted by Gasteiger charge is 2.15. The SMILES string of the molecule is COC(=O)c1cnc(Nc2cc(COc3ccc(N)c4ccccc34)ccn2)cn1.COC(=O)c1cnc(Nc2cc(COc3ccc([N+](=O)[O-])c4ccccc34)ccn2)cn1. The number of nitro benzene ring substituents is 1. The number of methoxy groups -OCH3 is 2. The normalized spacial score (nSPS) is 10.5. The third-order valence-corrected chi connectivity index (χ3v) is 9.02. The van der Waals surface area contributed by atoms with Crippen LogP contribution in [-0.2, 0) is 22.7 Å². The highest BCUT2D eigenvalue weighted by Crippen LogP contribution is 2.34. The Morgan fingerprint density at radius 3 is 1.52 bits per heavy atom. The summed E-state index contributed by atoms with van der Waals surface area (Å²) in [5.74, 6) is 2.15. The number of hydrogen-bond donors (Lipinski definition) is 3. The number of nitrogens with one attached hydrogen (secondary N) is 2. The maximum atomic E-state index is 11.4. The van der Waals surface area contributed by atoms with Gasteiger partial charge in [-0.2, -0.15) is 0 Å². The van der Waals surface area contributed by atoms with Gasteiger partial charge in [-0.25, -0.2) is 39.5 Å². The van der Waals surface area contributed by atoms with Crippen LogP contribution in [0.1, 0.15) is 32.1 Å². The molecule has 4 aromatic heterocycles. The number of anilines is 5. The summed E-state index contributed by atoms with van der Waals surface area (Å²) in [5.41, 5.74) is 8.78. The van der Waals surface area contributed by atoms with Gasteiger partial charge in [0.15, 0.2) is 11.4 Å². The largest absolute Gasteiger partial charge is 0.488 e. The number of nitrogens with two attached hydrogens (primary N) is 1. The van der Waals surface area contributed by atoms with E-state index in [4.69, 9.17) is 15.2 Å². The van der Waals surface area contributed by atoms with Crippen molar-refractivity contribution in [1.82, 2.24) is 29.9 Å². The molecule has 8 rings (SSSR count). The Balaban J connectivity index is 0.000000187. The molecule has 4 N–H and O–H groups in total. The van der Waals surface area contributed by atoms with Crippen LogP contribution in [0.15, 0.2) is 134 Å². The van der Waals surface area contributed by atoms with Crippen molar-refractivity contribution < 1.29 is 33.5 Å². The van der Waals surface area contributed by atoms with Crippen LogP contribution < -0.4 is 25.8 Å². The van der Waals surface area contributed by atoms with E-state index in [1.54, 1.807) is 54.9 Å². The number of nitrogens with zero attached hydrogens (tertiary/aromatic N) is 7. The molecule has 4 heterocycles. The van der Waals surface area contributed by atoms with Gasteiger partial charge < -0.3 is 35.3 Å². The first-order valence-electron chi connectivity index (χ1n) is 18.6. The number of nitrogen functional groups attached to an aromatic ring is 1. The molecule has 0 saturated carbocycles. The van der Waals surface area contributed by atoms with Gasteiger partial charge in [-0.1, -0.05) is 42.5 Å². The first kappa shape index (κ1) is 41.4. The van der Waals surface area contributed by atoms with E-state index < -0.39 is 16.9 Å². The summed E-state index contributed by atoms with van der Waals surface area (Å²) in [6.07, 6.45) is 8.79. The number of fused-ring (bicyclic) bond motifs is 2. The average Bonchev–Trinajstić information content (AvgIpc) is 3.31. The van der Waals surface area contributed by atoms with E-state index in [1.807, 2.05) is 48.5 Å². The van der Waals surface area contributed by atoms with Crippen molar-refractivity contribution in [2.24, 2.45) is 0 Å². The van der Waals surface area contributed by atoms with Gasteiger partial charge in [-0.3, -0.25) is 10.1 Å². The van der Waals surface area contributed by atoms with Gasteiger partial charge in [0.25, 0.3) is 5.69 Å². The zero-order valence-corrected chi connectivity index (χ0v) is 33.1. The van der Waals surface area contributed by atoms with E-state index in [1.165, 1.54) is 45.1 Å². The van der Waals surface area contributed by atoms with Gasteiger partial charge in [0.2, 0.25) is 0 Å². The summed E-state index contributed by atoms with van der Waals surface area (Å²) >= 11 is 0. The molecule has 18 heteroatoms. The van der Waals surface area contributed by atoms with E-state index in [9.17, 15) is 19.7 Å². The minimum Gasteiger partial charge on any atom is -0.488 e. The molecule has 310 valence electrons. The third kappa shape index (κ3) is 10.1. The lowest BCUT2D eigenvalue weighted by Crippen LogP contribution is -2.06. The zero-order valence-electron chi connectivity index (χ0n) is 33.1. The lowest BCUT2D eigenvalue weighted by atomic mass is 10.1. The molecule has 0 fully saturated rings. The molecule has 8 aromatic rings. The summed E-state index contributed by atoms with van der Waals surface area (Å²) in [7, 11) is 2.56. The highest BCUT2D eigenvalue weighted by atomic mass is 16.6. The van der Waals surface area contributed by atoms with Crippen LogP contribution in [0.4, 0.5) is 34.6 Å². The quantitative estimate of drug-likeness (QED) is 0.0435. The number of rotatable bonds is 13. The smallest absolute Gasteiger partial charge is 0.358 e. The molecule has 0 aliphatic heterocycles. The Morgan fingerprint density at radius 1 is 0.581 bits per heavy atom. The molecule has 0 saturated heterocycles. The van der Waals surface area contributed by atoms with Crippen molar-refractivity contribution >= 4 is 68.1 Å². The van der Waals surface area contributed by atoms with E-state index in [-0.39, 0.29) is 23.7 Å². The van der Waals surface area contributed by atoms with Gasteiger partial charge in [0.1, 0.15) is 48.0 Å². The van der Waals surface area contributed by atoms with Gasteiger partial charge in [-0.05, 0) is 59.7 Å². The summed E-state index contributed by atoms with van der Waals surface area (Å²) in [6, 6.07) is 28.9. The fraction of sp³-hybridized carbons (Fsp3) is 0.0909. The predicted molar refractivity (Wildman–Crippen MR) is 229 cm³/mol. The van der Waals surface area contributed by atoms with Crippen LogP contribution in [0.25, 0.3) is 21.5 Å². The number of benzene rings is 4.